The molecule has 0 radical (unpaired) electrons. The van der Waals surface area contributed by atoms with E-state index in [1.807, 2.05) is 75.4 Å². The lowest BCUT2D eigenvalue weighted by Crippen LogP contribution is -2.24. The third kappa shape index (κ3) is 3.84. The van der Waals surface area contributed by atoms with Gasteiger partial charge in [0.05, 0.1) is 17.6 Å². The van der Waals surface area contributed by atoms with Crippen LogP contribution in [-0.4, -0.2) is 25.1 Å². The number of benzene rings is 3. The first-order chi connectivity index (χ1) is 16.3. The number of nitrogens with zero attached hydrogens (tertiary/aromatic N) is 4. The lowest BCUT2D eigenvalue weighted by Gasteiger charge is -2.13. The average molecular weight is 472 g/mol. The van der Waals surface area contributed by atoms with Crippen molar-refractivity contribution in [3.05, 3.63) is 104 Å². The molecule has 1 N–H and O–H groups in total. The van der Waals surface area contributed by atoms with Crippen LogP contribution in [0.4, 0.5) is 5.69 Å². The smallest absolute Gasteiger partial charge is 0.296 e. The third-order valence-corrected chi connectivity index (χ3v) is 6.19. The molecule has 0 fully saturated rings. The van der Waals surface area contributed by atoms with Gasteiger partial charge in [-0.15, -0.1) is 5.10 Å². The molecular weight excluding hydrogens is 450 g/mol. The molecule has 0 atom stereocenters. The molecule has 7 nitrogen and oxygen atoms in total. The van der Waals surface area contributed by atoms with E-state index in [1.54, 1.807) is 10.6 Å². The monoisotopic (exact) mass is 471 g/mol. The van der Waals surface area contributed by atoms with E-state index in [0.717, 1.165) is 22.3 Å². The molecule has 2 aromatic heterocycles. The van der Waals surface area contributed by atoms with Crippen LogP contribution in [0.2, 0.25) is 5.02 Å². The fourth-order valence-electron chi connectivity index (χ4n) is 3.98. The Kier molecular flexibility index (Phi) is 5.42. The van der Waals surface area contributed by atoms with Crippen LogP contribution in [0.25, 0.3) is 16.7 Å². The van der Waals surface area contributed by atoms with Crippen molar-refractivity contribution in [3.63, 3.8) is 0 Å². The van der Waals surface area contributed by atoms with Crippen molar-refractivity contribution in [3.8, 4) is 0 Å². The van der Waals surface area contributed by atoms with E-state index in [-0.39, 0.29) is 23.6 Å². The van der Waals surface area contributed by atoms with E-state index in [9.17, 15) is 9.59 Å². The largest absolute Gasteiger partial charge is 0.319 e. The number of halogens is 1. The molecule has 0 saturated heterocycles. The zero-order valence-electron chi connectivity index (χ0n) is 19.0. The summed E-state index contributed by atoms with van der Waals surface area (Å²) < 4.78 is 3.07. The quantitative estimate of drug-likeness (QED) is 0.403. The molecule has 0 bridgehead atoms. The summed E-state index contributed by atoms with van der Waals surface area (Å²) in [5.41, 5.74) is 5.51. The molecule has 0 aliphatic heterocycles. The molecule has 0 spiro atoms. The molecular formula is C26H22ClN5O2. The number of nitrogens with one attached hydrogen (secondary N) is 1. The van der Waals surface area contributed by atoms with Crippen molar-refractivity contribution < 1.29 is 4.79 Å². The van der Waals surface area contributed by atoms with Crippen LogP contribution in [0, 0.1) is 20.8 Å². The van der Waals surface area contributed by atoms with Gasteiger partial charge in [0.15, 0.2) is 0 Å². The van der Waals surface area contributed by atoms with Crippen molar-refractivity contribution in [2.75, 3.05) is 5.32 Å². The maximum atomic E-state index is 13.5. The predicted octanol–water partition coefficient (Wildman–Crippen LogP) is 4.92. The fraction of sp³-hybridized carbons (Fsp3) is 0.154. The van der Waals surface area contributed by atoms with Crippen LogP contribution in [0.5, 0.6) is 0 Å². The van der Waals surface area contributed by atoms with Gasteiger partial charge in [-0.25, -0.2) is 4.52 Å². The highest BCUT2D eigenvalue weighted by atomic mass is 35.5. The first-order valence-corrected chi connectivity index (χ1v) is 11.2. The average Bonchev–Trinajstić information content (AvgIpc) is 3.26. The molecule has 0 unspecified atom stereocenters. The third-order valence-electron chi connectivity index (χ3n) is 5.82. The summed E-state index contributed by atoms with van der Waals surface area (Å²) in [6.45, 7) is 6.09. The van der Waals surface area contributed by atoms with Gasteiger partial charge in [0, 0.05) is 10.7 Å². The van der Waals surface area contributed by atoms with Crippen molar-refractivity contribution in [2.45, 2.75) is 27.3 Å². The first-order valence-electron chi connectivity index (χ1n) is 10.8. The van der Waals surface area contributed by atoms with E-state index in [4.69, 9.17) is 11.6 Å². The number of hydrogen-bond donors (Lipinski definition) is 1. The van der Waals surface area contributed by atoms with E-state index >= 15 is 0 Å². The SMILES string of the molecule is Cc1ccc(C)c(NC(=O)c2nc3c(=O)n(Cc4ccccc4Cl)c4cc(C)ccc4n3n2)c1. The highest BCUT2D eigenvalue weighted by Crippen LogP contribution is 2.21. The zero-order chi connectivity index (χ0) is 24.0. The topological polar surface area (TPSA) is 81.3 Å². The first kappa shape index (κ1) is 21.9. The molecule has 2 heterocycles. The Labute approximate surface area is 200 Å². The summed E-state index contributed by atoms with van der Waals surface area (Å²) in [5.74, 6) is -0.551. The molecule has 0 aliphatic carbocycles. The van der Waals surface area contributed by atoms with Gasteiger partial charge in [-0.1, -0.05) is 48.0 Å². The second-order valence-corrected chi connectivity index (χ2v) is 8.83. The Bertz CT molecular complexity index is 1650. The van der Waals surface area contributed by atoms with Gasteiger partial charge in [0.25, 0.3) is 11.5 Å². The number of rotatable bonds is 4. The van der Waals surface area contributed by atoms with Crippen LogP contribution in [-0.2, 0) is 6.54 Å². The van der Waals surface area contributed by atoms with Crippen molar-refractivity contribution in [1.29, 1.82) is 0 Å². The summed E-state index contributed by atoms with van der Waals surface area (Å²) in [5, 5.41) is 7.84. The number of hydrogen-bond acceptors (Lipinski definition) is 4. The number of fused-ring (bicyclic) bond motifs is 3. The van der Waals surface area contributed by atoms with Gasteiger partial charge in [-0.05, 0) is 67.3 Å². The Hall–Kier alpha value is -3.97. The standard InChI is InChI=1S/C26H22ClN5O2/c1-15-8-10-17(3)20(12-15)28-25(33)23-29-24-26(34)31(14-18-6-4-5-7-19(18)27)22-13-16(2)9-11-21(22)32(24)30-23/h4-13H,14H2,1-3H3,(H,28,33). The van der Waals surface area contributed by atoms with E-state index in [0.29, 0.717) is 21.7 Å². The van der Waals surface area contributed by atoms with Crippen LogP contribution in [0.3, 0.4) is 0 Å². The van der Waals surface area contributed by atoms with Crippen molar-refractivity contribution >= 4 is 39.9 Å². The fourth-order valence-corrected chi connectivity index (χ4v) is 4.17. The van der Waals surface area contributed by atoms with Crippen molar-refractivity contribution in [2.24, 2.45) is 0 Å². The van der Waals surface area contributed by atoms with Gasteiger partial charge in [-0.2, -0.15) is 4.98 Å². The number of anilines is 1. The second kappa shape index (κ2) is 8.43. The zero-order valence-corrected chi connectivity index (χ0v) is 19.7. The van der Waals surface area contributed by atoms with Crippen LogP contribution in [0.15, 0.2) is 65.5 Å². The maximum Gasteiger partial charge on any atom is 0.296 e. The highest BCUT2D eigenvalue weighted by Gasteiger charge is 2.20. The van der Waals surface area contributed by atoms with E-state index < -0.39 is 5.91 Å². The molecule has 3 aromatic carbocycles. The molecule has 0 saturated carbocycles. The molecule has 5 rings (SSSR count). The van der Waals surface area contributed by atoms with Gasteiger partial charge in [-0.3, -0.25) is 14.2 Å². The van der Waals surface area contributed by atoms with Crippen LogP contribution < -0.4 is 10.9 Å². The molecule has 8 heteroatoms. The minimum atomic E-state index is -0.477. The maximum absolute atomic E-state index is 13.5. The van der Waals surface area contributed by atoms with Crippen LogP contribution >= 0.6 is 11.6 Å². The van der Waals surface area contributed by atoms with Gasteiger partial charge < -0.3 is 5.32 Å². The van der Waals surface area contributed by atoms with Gasteiger partial charge in [0.1, 0.15) is 0 Å². The number of carbonyl (C=O) groups excluding carboxylic acids is 1. The number of aromatic nitrogens is 4. The summed E-state index contributed by atoms with van der Waals surface area (Å²) in [6.07, 6.45) is 0. The Morgan fingerprint density at radius 2 is 1.71 bits per heavy atom. The lowest BCUT2D eigenvalue weighted by molar-refractivity contribution is 0.101. The molecule has 170 valence electrons. The molecule has 1 amide bonds. The normalized spacial score (nSPS) is 11.3. The summed E-state index contributed by atoms with van der Waals surface area (Å²) in [6, 6.07) is 18.9. The number of amides is 1. The minimum Gasteiger partial charge on any atom is -0.319 e. The second-order valence-electron chi connectivity index (χ2n) is 8.42. The van der Waals surface area contributed by atoms with Crippen LogP contribution in [0.1, 0.15) is 32.9 Å². The van der Waals surface area contributed by atoms with Gasteiger partial charge in [0.2, 0.25) is 11.5 Å². The predicted molar refractivity (Wildman–Crippen MR) is 134 cm³/mol. The summed E-state index contributed by atoms with van der Waals surface area (Å²) in [4.78, 5) is 30.9. The molecule has 34 heavy (non-hydrogen) atoms. The molecule has 0 aliphatic rings. The summed E-state index contributed by atoms with van der Waals surface area (Å²) >= 11 is 6.37. The van der Waals surface area contributed by atoms with Crippen molar-refractivity contribution in [1.82, 2.24) is 19.2 Å². The Morgan fingerprint density at radius 3 is 2.50 bits per heavy atom. The Morgan fingerprint density at radius 1 is 0.971 bits per heavy atom. The highest BCUT2D eigenvalue weighted by molar-refractivity contribution is 6.31. The van der Waals surface area contributed by atoms with E-state index in [2.05, 4.69) is 15.4 Å². The Balaban J connectivity index is 1.66. The van der Waals surface area contributed by atoms with E-state index in [1.165, 1.54) is 4.52 Å². The number of aryl methyl sites for hydroxylation is 3. The van der Waals surface area contributed by atoms with Gasteiger partial charge >= 0.3 is 0 Å². The summed E-state index contributed by atoms with van der Waals surface area (Å²) in [7, 11) is 0. The minimum absolute atomic E-state index is 0.0737. The number of carbonyl (C=O) groups is 1. The lowest BCUT2D eigenvalue weighted by atomic mass is 10.1. The molecule has 5 aromatic rings.